The first-order valence-electron chi connectivity index (χ1n) is 6.69. The largest absolute Gasteiger partial charge is 0.349 e. The quantitative estimate of drug-likeness (QED) is 0.755. The number of halogens is 1. The van der Waals surface area contributed by atoms with E-state index >= 15 is 0 Å². The highest BCUT2D eigenvalue weighted by molar-refractivity contribution is 6.31. The molecule has 0 atom stereocenters. The number of benzene rings is 1. The van der Waals surface area contributed by atoms with Crippen LogP contribution in [-0.4, -0.2) is 10.4 Å². The van der Waals surface area contributed by atoms with Gasteiger partial charge < -0.3 is 4.57 Å². The Bertz CT molecular complexity index is 615. The lowest BCUT2D eigenvalue weighted by molar-refractivity contribution is 0.0982. The van der Waals surface area contributed by atoms with Crippen LogP contribution in [0.5, 0.6) is 0 Å². The summed E-state index contributed by atoms with van der Waals surface area (Å²) < 4.78 is 2.08. The molecular formula is C16H16ClNO. The molecule has 2 nitrogen and oxygen atoms in total. The first kappa shape index (κ1) is 12.5. The molecule has 0 saturated heterocycles. The number of fused-ring (bicyclic) bond motifs is 1. The molecule has 0 unspecified atom stereocenters. The molecule has 0 fully saturated rings. The Labute approximate surface area is 118 Å². The van der Waals surface area contributed by atoms with E-state index in [1.165, 1.54) is 5.56 Å². The fourth-order valence-electron chi connectivity index (χ4n) is 2.66. The van der Waals surface area contributed by atoms with E-state index in [0.717, 1.165) is 42.0 Å². The van der Waals surface area contributed by atoms with Crippen molar-refractivity contribution in [2.45, 2.75) is 32.2 Å². The van der Waals surface area contributed by atoms with Gasteiger partial charge in [0.2, 0.25) is 0 Å². The van der Waals surface area contributed by atoms with Crippen LogP contribution < -0.4 is 0 Å². The van der Waals surface area contributed by atoms with Crippen molar-refractivity contribution < 1.29 is 4.79 Å². The standard InChI is InChI=1S/C16H16ClNO/c17-15-7-3-1-6-13(15)10-18-9-12-5-2-4-8-16(19)14(12)11-18/h1,3,6-7,9,11H,2,4-5,8,10H2. The monoisotopic (exact) mass is 273 g/mol. The molecule has 1 aliphatic rings. The smallest absolute Gasteiger partial charge is 0.164 e. The zero-order valence-corrected chi connectivity index (χ0v) is 11.5. The SMILES string of the molecule is O=C1CCCCc2cn(Cc3ccccc3Cl)cc21. The topological polar surface area (TPSA) is 22.0 Å². The molecular weight excluding hydrogens is 258 g/mol. The number of aryl methyl sites for hydroxylation is 1. The molecule has 0 bridgehead atoms. The molecule has 2 aromatic rings. The van der Waals surface area contributed by atoms with Gasteiger partial charge in [0.25, 0.3) is 0 Å². The van der Waals surface area contributed by atoms with E-state index < -0.39 is 0 Å². The first-order valence-corrected chi connectivity index (χ1v) is 7.07. The highest BCUT2D eigenvalue weighted by Gasteiger charge is 2.17. The van der Waals surface area contributed by atoms with Gasteiger partial charge in [-0.25, -0.2) is 0 Å². The summed E-state index contributed by atoms with van der Waals surface area (Å²) >= 11 is 6.18. The molecule has 19 heavy (non-hydrogen) atoms. The number of aromatic nitrogens is 1. The lowest BCUT2D eigenvalue weighted by Gasteiger charge is -2.05. The molecule has 0 amide bonds. The van der Waals surface area contributed by atoms with Crippen molar-refractivity contribution in [2.24, 2.45) is 0 Å². The second kappa shape index (κ2) is 5.22. The lowest BCUT2D eigenvalue weighted by Crippen LogP contribution is -1.99. The van der Waals surface area contributed by atoms with Gasteiger partial charge in [-0.2, -0.15) is 0 Å². The number of carbonyl (C=O) groups is 1. The molecule has 0 aliphatic heterocycles. The Balaban J connectivity index is 1.89. The third-order valence-electron chi connectivity index (χ3n) is 3.67. The van der Waals surface area contributed by atoms with Crippen molar-refractivity contribution in [1.82, 2.24) is 4.57 Å². The third kappa shape index (κ3) is 2.59. The van der Waals surface area contributed by atoms with Crippen molar-refractivity contribution in [3.8, 4) is 0 Å². The molecule has 1 aliphatic carbocycles. The van der Waals surface area contributed by atoms with Crippen LogP contribution in [0.4, 0.5) is 0 Å². The van der Waals surface area contributed by atoms with Gasteiger partial charge in [0.15, 0.2) is 5.78 Å². The van der Waals surface area contributed by atoms with Gasteiger partial charge in [0, 0.05) is 35.9 Å². The molecule has 1 aromatic heterocycles. The van der Waals surface area contributed by atoms with Gasteiger partial charge in [-0.05, 0) is 36.5 Å². The van der Waals surface area contributed by atoms with Crippen molar-refractivity contribution in [3.05, 3.63) is 58.4 Å². The maximum atomic E-state index is 12.0. The second-order valence-electron chi connectivity index (χ2n) is 5.09. The van der Waals surface area contributed by atoms with Crippen LogP contribution in [0.15, 0.2) is 36.7 Å². The highest BCUT2D eigenvalue weighted by Crippen LogP contribution is 2.23. The summed E-state index contributed by atoms with van der Waals surface area (Å²) in [6.45, 7) is 0.722. The van der Waals surface area contributed by atoms with Gasteiger partial charge in [0.1, 0.15) is 0 Å². The van der Waals surface area contributed by atoms with Crippen LogP contribution in [0.3, 0.4) is 0 Å². The van der Waals surface area contributed by atoms with Gasteiger partial charge in [-0.3, -0.25) is 4.79 Å². The van der Waals surface area contributed by atoms with Crippen molar-refractivity contribution in [1.29, 1.82) is 0 Å². The Hall–Kier alpha value is -1.54. The number of Topliss-reactive ketones (excluding diaryl/α,β-unsaturated/α-hetero) is 1. The van der Waals surface area contributed by atoms with Gasteiger partial charge in [-0.15, -0.1) is 0 Å². The van der Waals surface area contributed by atoms with E-state index in [2.05, 4.69) is 10.8 Å². The van der Waals surface area contributed by atoms with E-state index in [1.54, 1.807) is 0 Å². The Morgan fingerprint density at radius 2 is 1.89 bits per heavy atom. The van der Waals surface area contributed by atoms with Crippen LogP contribution in [0.2, 0.25) is 5.02 Å². The Morgan fingerprint density at radius 3 is 2.74 bits per heavy atom. The average molecular weight is 274 g/mol. The predicted molar refractivity (Wildman–Crippen MR) is 76.9 cm³/mol. The van der Waals surface area contributed by atoms with Crippen LogP contribution in [0.25, 0.3) is 0 Å². The normalized spacial score (nSPS) is 15.1. The Morgan fingerprint density at radius 1 is 1.11 bits per heavy atom. The van der Waals surface area contributed by atoms with Gasteiger partial charge in [-0.1, -0.05) is 29.8 Å². The fourth-order valence-corrected chi connectivity index (χ4v) is 2.85. The van der Waals surface area contributed by atoms with Crippen LogP contribution in [0, 0.1) is 0 Å². The van der Waals surface area contributed by atoms with E-state index in [9.17, 15) is 4.79 Å². The predicted octanol–water partition coefficient (Wildman–Crippen LogP) is 4.10. The second-order valence-corrected chi connectivity index (χ2v) is 5.50. The van der Waals surface area contributed by atoms with Crippen molar-refractivity contribution >= 4 is 17.4 Å². The Kier molecular flexibility index (Phi) is 3.43. The molecule has 3 heteroatoms. The number of nitrogens with zero attached hydrogens (tertiary/aromatic N) is 1. The first-order chi connectivity index (χ1) is 9.24. The van der Waals surface area contributed by atoms with Crippen LogP contribution >= 0.6 is 11.6 Å². The van der Waals surface area contributed by atoms with Crippen LogP contribution in [0.1, 0.15) is 40.7 Å². The maximum Gasteiger partial charge on any atom is 0.164 e. The summed E-state index contributed by atoms with van der Waals surface area (Å²) in [6.07, 6.45) is 7.89. The summed E-state index contributed by atoms with van der Waals surface area (Å²) in [7, 11) is 0. The number of carbonyl (C=O) groups excluding carboxylic acids is 1. The van der Waals surface area contributed by atoms with E-state index in [0.29, 0.717) is 6.42 Å². The summed E-state index contributed by atoms with van der Waals surface area (Å²) in [4.78, 5) is 12.0. The summed E-state index contributed by atoms with van der Waals surface area (Å²) in [5, 5.41) is 0.776. The lowest BCUT2D eigenvalue weighted by atomic mass is 10.1. The molecule has 3 rings (SSSR count). The summed E-state index contributed by atoms with van der Waals surface area (Å²) in [6, 6.07) is 7.84. The average Bonchev–Trinajstić information content (AvgIpc) is 2.73. The molecule has 1 aromatic carbocycles. The van der Waals surface area contributed by atoms with Gasteiger partial charge in [0.05, 0.1) is 0 Å². The number of ketones is 1. The minimum Gasteiger partial charge on any atom is -0.349 e. The van der Waals surface area contributed by atoms with Crippen molar-refractivity contribution in [3.63, 3.8) is 0 Å². The van der Waals surface area contributed by atoms with Crippen LogP contribution in [-0.2, 0) is 13.0 Å². The number of rotatable bonds is 2. The summed E-state index contributed by atoms with van der Waals surface area (Å²) in [5.74, 6) is 0.283. The molecule has 98 valence electrons. The minimum atomic E-state index is 0.283. The minimum absolute atomic E-state index is 0.283. The highest BCUT2D eigenvalue weighted by atomic mass is 35.5. The maximum absolute atomic E-state index is 12.0. The zero-order valence-electron chi connectivity index (χ0n) is 10.7. The molecule has 0 spiro atoms. The van der Waals surface area contributed by atoms with E-state index in [1.807, 2.05) is 30.5 Å². The number of hydrogen-bond acceptors (Lipinski definition) is 1. The summed E-state index contributed by atoms with van der Waals surface area (Å²) in [5.41, 5.74) is 3.18. The third-order valence-corrected chi connectivity index (χ3v) is 4.04. The number of hydrogen-bond donors (Lipinski definition) is 0. The zero-order chi connectivity index (χ0) is 13.2. The fraction of sp³-hybridized carbons (Fsp3) is 0.312. The molecule has 1 heterocycles. The van der Waals surface area contributed by atoms with Crippen molar-refractivity contribution in [2.75, 3.05) is 0 Å². The molecule has 0 radical (unpaired) electrons. The molecule has 0 N–H and O–H groups in total. The van der Waals surface area contributed by atoms with Gasteiger partial charge >= 0.3 is 0 Å². The molecule has 0 saturated carbocycles. The van der Waals surface area contributed by atoms with E-state index in [-0.39, 0.29) is 5.78 Å². The van der Waals surface area contributed by atoms with E-state index in [4.69, 9.17) is 11.6 Å².